The van der Waals surface area contributed by atoms with Gasteiger partial charge in [0.1, 0.15) is 6.61 Å². The molecule has 0 aliphatic carbocycles. The zero-order chi connectivity index (χ0) is 18.4. The van der Waals surface area contributed by atoms with Gasteiger partial charge in [-0.25, -0.2) is 4.98 Å². The lowest BCUT2D eigenvalue weighted by atomic mass is 10.2. The minimum atomic E-state index is 0.0891. The average molecular weight is 367 g/mol. The van der Waals surface area contributed by atoms with Crippen molar-refractivity contribution in [3.05, 3.63) is 83.0 Å². The molecule has 0 aliphatic heterocycles. The summed E-state index contributed by atoms with van der Waals surface area (Å²) < 4.78 is 5.86. The highest BCUT2D eigenvalue weighted by atomic mass is 35.5. The molecule has 0 aliphatic rings. The molecule has 0 amide bonds. The fraction of sp³-hybridized carbons (Fsp3) is 0.100. The van der Waals surface area contributed by atoms with Gasteiger partial charge in [-0.2, -0.15) is 0 Å². The van der Waals surface area contributed by atoms with Gasteiger partial charge in [-0.1, -0.05) is 41.4 Å². The van der Waals surface area contributed by atoms with E-state index in [-0.39, 0.29) is 5.96 Å². The fourth-order valence-electron chi connectivity index (χ4n) is 2.27. The minimum absolute atomic E-state index is 0.0891. The number of hydrogen-bond donors (Lipinski definition) is 3. The fourth-order valence-corrected chi connectivity index (χ4v) is 2.40. The topological polar surface area (TPSA) is 70.0 Å². The number of anilines is 2. The highest BCUT2D eigenvalue weighted by Gasteiger charge is 2.07. The number of benzene rings is 2. The lowest BCUT2D eigenvalue weighted by Gasteiger charge is -2.14. The maximum atomic E-state index is 8.08. The molecule has 0 saturated carbocycles. The van der Waals surface area contributed by atoms with Crippen LogP contribution >= 0.6 is 11.6 Å². The van der Waals surface area contributed by atoms with E-state index in [1.807, 2.05) is 37.3 Å². The molecule has 0 bridgehead atoms. The second-order valence-electron chi connectivity index (χ2n) is 5.76. The molecule has 0 fully saturated rings. The summed E-state index contributed by atoms with van der Waals surface area (Å²) in [7, 11) is 0. The Hall–Kier alpha value is -3.05. The van der Waals surface area contributed by atoms with Crippen molar-refractivity contribution < 1.29 is 4.74 Å². The largest absolute Gasteiger partial charge is 0.485 e. The molecule has 1 aromatic heterocycles. The maximum absolute atomic E-state index is 8.08. The first-order valence-electron chi connectivity index (χ1n) is 8.12. The van der Waals surface area contributed by atoms with Crippen LogP contribution in [0.25, 0.3) is 0 Å². The number of ether oxygens (including phenoxy) is 1. The Bertz CT molecular complexity index is 879. The monoisotopic (exact) mass is 366 g/mol. The number of nitrogens with zero attached hydrogens (tertiary/aromatic N) is 1. The standard InChI is InChI=1S/C20H19ClN4O/c1-14-4-6-15(7-5-14)13-26-18-3-2-12-23-19(18)25-20(22)24-17-10-8-16(21)9-11-17/h2-12H,13H2,1H3,(H3,22,23,24,25). The molecule has 0 radical (unpaired) electrons. The van der Waals surface area contributed by atoms with Gasteiger partial charge in [-0.15, -0.1) is 0 Å². The van der Waals surface area contributed by atoms with E-state index in [0.717, 1.165) is 11.3 Å². The Morgan fingerprint density at radius 2 is 1.77 bits per heavy atom. The number of rotatable bonds is 5. The van der Waals surface area contributed by atoms with E-state index in [2.05, 4.69) is 15.6 Å². The Morgan fingerprint density at radius 1 is 1.04 bits per heavy atom. The molecule has 1 heterocycles. The second kappa shape index (κ2) is 8.36. The highest BCUT2D eigenvalue weighted by molar-refractivity contribution is 6.30. The van der Waals surface area contributed by atoms with Crippen LogP contribution in [-0.4, -0.2) is 10.9 Å². The Kier molecular flexibility index (Phi) is 5.71. The molecule has 0 saturated heterocycles. The summed E-state index contributed by atoms with van der Waals surface area (Å²) in [4.78, 5) is 4.26. The van der Waals surface area contributed by atoms with Crippen molar-refractivity contribution in [1.29, 1.82) is 5.41 Å². The van der Waals surface area contributed by atoms with E-state index >= 15 is 0 Å². The number of halogens is 1. The Morgan fingerprint density at radius 3 is 2.50 bits per heavy atom. The lowest BCUT2D eigenvalue weighted by Crippen LogP contribution is -2.21. The van der Waals surface area contributed by atoms with Gasteiger partial charge in [-0.05, 0) is 48.9 Å². The van der Waals surface area contributed by atoms with Gasteiger partial charge in [-0.3, -0.25) is 5.41 Å². The molecule has 3 N–H and O–H groups in total. The van der Waals surface area contributed by atoms with Crippen LogP contribution < -0.4 is 15.4 Å². The summed E-state index contributed by atoms with van der Waals surface area (Å²) in [6.07, 6.45) is 1.65. The molecular formula is C20H19ClN4O. The first kappa shape index (κ1) is 17.8. The van der Waals surface area contributed by atoms with Gasteiger partial charge in [0.25, 0.3) is 0 Å². The zero-order valence-electron chi connectivity index (χ0n) is 14.3. The van der Waals surface area contributed by atoms with Crippen LogP contribution in [-0.2, 0) is 6.61 Å². The van der Waals surface area contributed by atoms with Crippen molar-refractivity contribution in [1.82, 2.24) is 4.98 Å². The highest BCUT2D eigenvalue weighted by Crippen LogP contribution is 2.22. The van der Waals surface area contributed by atoms with Gasteiger partial charge >= 0.3 is 0 Å². The van der Waals surface area contributed by atoms with Crippen LogP contribution in [0.2, 0.25) is 5.02 Å². The van der Waals surface area contributed by atoms with Crippen molar-refractivity contribution in [2.45, 2.75) is 13.5 Å². The van der Waals surface area contributed by atoms with Crippen molar-refractivity contribution in [2.75, 3.05) is 10.6 Å². The van der Waals surface area contributed by atoms with Gasteiger partial charge in [0.2, 0.25) is 0 Å². The molecule has 26 heavy (non-hydrogen) atoms. The molecular weight excluding hydrogens is 348 g/mol. The van der Waals surface area contributed by atoms with Crippen molar-refractivity contribution >= 4 is 29.1 Å². The first-order chi connectivity index (χ1) is 12.6. The minimum Gasteiger partial charge on any atom is -0.485 e. The first-order valence-corrected chi connectivity index (χ1v) is 8.49. The predicted octanol–water partition coefficient (Wildman–Crippen LogP) is 5.08. The van der Waals surface area contributed by atoms with Gasteiger partial charge < -0.3 is 15.4 Å². The molecule has 2 aromatic carbocycles. The third-order valence-electron chi connectivity index (χ3n) is 3.64. The SMILES string of the molecule is Cc1ccc(COc2cccnc2NC(=N)Nc2ccc(Cl)cc2)cc1. The van der Waals surface area contributed by atoms with E-state index < -0.39 is 0 Å². The summed E-state index contributed by atoms with van der Waals surface area (Å²) in [6.45, 7) is 2.48. The average Bonchev–Trinajstić information content (AvgIpc) is 2.64. The Balaban J connectivity index is 1.63. The number of nitrogens with one attached hydrogen (secondary N) is 3. The number of aryl methyl sites for hydroxylation is 1. The molecule has 6 heteroatoms. The summed E-state index contributed by atoms with van der Waals surface area (Å²) in [5.74, 6) is 1.15. The van der Waals surface area contributed by atoms with Crippen molar-refractivity contribution in [3.8, 4) is 5.75 Å². The number of guanidine groups is 1. The molecule has 0 unspecified atom stereocenters. The summed E-state index contributed by atoms with van der Waals surface area (Å²) in [6, 6.07) is 18.9. The van der Waals surface area contributed by atoms with E-state index in [4.69, 9.17) is 21.7 Å². The van der Waals surface area contributed by atoms with Gasteiger partial charge in [0, 0.05) is 16.9 Å². The second-order valence-corrected chi connectivity index (χ2v) is 6.19. The lowest BCUT2D eigenvalue weighted by molar-refractivity contribution is 0.307. The molecule has 0 atom stereocenters. The smallest absolute Gasteiger partial charge is 0.198 e. The molecule has 132 valence electrons. The van der Waals surface area contributed by atoms with Crippen LogP contribution in [0, 0.1) is 12.3 Å². The molecule has 5 nitrogen and oxygen atoms in total. The van der Waals surface area contributed by atoms with Crippen LogP contribution in [0.5, 0.6) is 5.75 Å². The summed E-state index contributed by atoms with van der Waals surface area (Å²) in [5.41, 5.74) is 3.03. The number of hydrogen-bond acceptors (Lipinski definition) is 3. The van der Waals surface area contributed by atoms with E-state index in [9.17, 15) is 0 Å². The van der Waals surface area contributed by atoms with Crippen LogP contribution in [0.1, 0.15) is 11.1 Å². The quantitative estimate of drug-likeness (QED) is 0.435. The van der Waals surface area contributed by atoms with Gasteiger partial charge in [0.15, 0.2) is 17.5 Å². The van der Waals surface area contributed by atoms with Crippen LogP contribution in [0.15, 0.2) is 66.9 Å². The number of pyridine rings is 1. The molecule has 3 rings (SSSR count). The molecule has 0 spiro atoms. The third kappa shape index (κ3) is 4.97. The maximum Gasteiger partial charge on any atom is 0.198 e. The summed E-state index contributed by atoms with van der Waals surface area (Å²) in [5, 5.41) is 14.6. The van der Waals surface area contributed by atoms with E-state index in [1.54, 1.807) is 36.5 Å². The van der Waals surface area contributed by atoms with Gasteiger partial charge in [0.05, 0.1) is 0 Å². The van der Waals surface area contributed by atoms with Crippen molar-refractivity contribution in [3.63, 3.8) is 0 Å². The molecule has 3 aromatic rings. The van der Waals surface area contributed by atoms with Crippen LogP contribution in [0.3, 0.4) is 0 Å². The summed E-state index contributed by atoms with van der Waals surface area (Å²) >= 11 is 5.87. The van der Waals surface area contributed by atoms with E-state index in [1.165, 1.54) is 5.56 Å². The zero-order valence-corrected chi connectivity index (χ0v) is 15.0. The Labute approximate surface area is 157 Å². The predicted molar refractivity (Wildman–Crippen MR) is 106 cm³/mol. The van der Waals surface area contributed by atoms with E-state index in [0.29, 0.717) is 23.2 Å². The van der Waals surface area contributed by atoms with Crippen LogP contribution in [0.4, 0.5) is 11.5 Å². The third-order valence-corrected chi connectivity index (χ3v) is 3.89. The number of aromatic nitrogens is 1. The normalized spacial score (nSPS) is 10.2. The van der Waals surface area contributed by atoms with Crippen molar-refractivity contribution in [2.24, 2.45) is 0 Å².